The zero-order chi connectivity index (χ0) is 16.1. The number of carbonyl (C=O) groups excluding carboxylic acids is 1. The Bertz CT molecular complexity index is 629. The molecular weight excluding hydrogens is 274 g/mol. The fraction of sp³-hybridized carbons (Fsp3) is 0.421. The maximum absolute atomic E-state index is 12.4. The summed E-state index contributed by atoms with van der Waals surface area (Å²) < 4.78 is 5.80. The van der Waals surface area contributed by atoms with Gasteiger partial charge in [-0.1, -0.05) is 50.2 Å². The third kappa shape index (κ3) is 4.00. The van der Waals surface area contributed by atoms with Crippen molar-refractivity contribution in [2.24, 2.45) is 5.92 Å². The molecule has 2 rings (SSSR count). The van der Waals surface area contributed by atoms with Crippen LogP contribution in [0.5, 0.6) is 5.75 Å². The van der Waals surface area contributed by atoms with Gasteiger partial charge in [-0.25, -0.2) is 0 Å². The Morgan fingerprint density at radius 2 is 1.73 bits per heavy atom. The molecule has 0 bridgehead atoms. The second-order valence-electron chi connectivity index (χ2n) is 6.30. The van der Waals surface area contributed by atoms with E-state index in [0.29, 0.717) is 5.92 Å². The topological polar surface area (TPSA) is 29.5 Å². The molecule has 0 aliphatic heterocycles. The van der Waals surface area contributed by atoms with Gasteiger partial charge in [0.25, 0.3) is 5.91 Å². The molecule has 22 heavy (non-hydrogen) atoms. The molecule has 0 saturated heterocycles. The molecule has 0 fully saturated rings. The lowest BCUT2D eigenvalue weighted by Gasteiger charge is -2.28. The van der Waals surface area contributed by atoms with Crippen molar-refractivity contribution in [3.8, 4) is 5.75 Å². The van der Waals surface area contributed by atoms with Crippen LogP contribution < -0.4 is 4.74 Å². The molecule has 118 valence electrons. The normalized spacial score (nSPS) is 11.2. The Hall–Kier alpha value is -2.03. The molecule has 2 aromatic rings. The van der Waals surface area contributed by atoms with E-state index in [2.05, 4.69) is 13.8 Å². The van der Waals surface area contributed by atoms with Crippen LogP contribution in [0.2, 0.25) is 0 Å². The highest BCUT2D eigenvalue weighted by atomic mass is 16.5. The number of nitrogens with zero attached hydrogens (tertiary/aromatic N) is 1. The number of rotatable bonds is 6. The Kier molecular flexibility index (Phi) is 5.42. The summed E-state index contributed by atoms with van der Waals surface area (Å²) in [5.74, 6) is 1.25. The third-order valence-corrected chi connectivity index (χ3v) is 3.61. The van der Waals surface area contributed by atoms with E-state index < -0.39 is 0 Å². The number of hydrogen-bond donors (Lipinski definition) is 0. The van der Waals surface area contributed by atoms with E-state index in [1.165, 1.54) is 0 Å². The van der Waals surface area contributed by atoms with Crippen molar-refractivity contribution in [2.45, 2.75) is 33.7 Å². The average Bonchev–Trinajstić information content (AvgIpc) is 2.49. The van der Waals surface area contributed by atoms with Crippen molar-refractivity contribution in [2.75, 3.05) is 13.2 Å². The minimum absolute atomic E-state index is 0.0386. The molecule has 0 radical (unpaired) electrons. The SMILES string of the molecule is CC(C)CN(C(=O)COc1cccc2ccccc12)C(C)C. The molecule has 0 unspecified atom stereocenters. The first-order valence-corrected chi connectivity index (χ1v) is 7.89. The van der Waals surface area contributed by atoms with Crippen LogP contribution in [0.25, 0.3) is 10.8 Å². The van der Waals surface area contributed by atoms with Gasteiger partial charge in [0.05, 0.1) is 0 Å². The number of ether oxygens (including phenoxy) is 1. The fourth-order valence-electron chi connectivity index (χ4n) is 2.54. The van der Waals surface area contributed by atoms with Crippen molar-refractivity contribution in [3.63, 3.8) is 0 Å². The van der Waals surface area contributed by atoms with Crippen LogP contribution in [-0.2, 0) is 4.79 Å². The predicted molar refractivity (Wildman–Crippen MR) is 91.1 cm³/mol. The maximum atomic E-state index is 12.4. The maximum Gasteiger partial charge on any atom is 0.260 e. The van der Waals surface area contributed by atoms with Crippen LogP contribution in [0.1, 0.15) is 27.7 Å². The van der Waals surface area contributed by atoms with Gasteiger partial charge in [0.1, 0.15) is 5.75 Å². The lowest BCUT2D eigenvalue weighted by atomic mass is 10.1. The van der Waals surface area contributed by atoms with E-state index in [0.717, 1.165) is 23.1 Å². The van der Waals surface area contributed by atoms with Gasteiger partial charge in [0.2, 0.25) is 0 Å². The summed E-state index contributed by atoms with van der Waals surface area (Å²) in [5.41, 5.74) is 0. The number of carbonyl (C=O) groups is 1. The lowest BCUT2D eigenvalue weighted by Crippen LogP contribution is -2.42. The summed E-state index contributed by atoms with van der Waals surface area (Å²) in [7, 11) is 0. The summed E-state index contributed by atoms with van der Waals surface area (Å²) >= 11 is 0. The van der Waals surface area contributed by atoms with Gasteiger partial charge in [-0.15, -0.1) is 0 Å². The summed E-state index contributed by atoms with van der Waals surface area (Å²) in [5, 5.41) is 2.16. The molecule has 0 N–H and O–H groups in total. The molecule has 3 heteroatoms. The number of amides is 1. The summed E-state index contributed by atoms with van der Waals surface area (Å²) in [6.07, 6.45) is 0. The van der Waals surface area contributed by atoms with Gasteiger partial charge in [0.15, 0.2) is 6.61 Å². The second-order valence-corrected chi connectivity index (χ2v) is 6.30. The summed E-state index contributed by atoms with van der Waals surface area (Å²) in [6.45, 7) is 9.16. The van der Waals surface area contributed by atoms with E-state index in [9.17, 15) is 4.79 Å². The lowest BCUT2D eigenvalue weighted by molar-refractivity contribution is -0.135. The highest BCUT2D eigenvalue weighted by Gasteiger charge is 2.18. The zero-order valence-electron chi connectivity index (χ0n) is 13.9. The Balaban J connectivity index is 2.09. The van der Waals surface area contributed by atoms with Crippen molar-refractivity contribution in [1.82, 2.24) is 4.90 Å². The number of hydrogen-bond acceptors (Lipinski definition) is 2. The van der Waals surface area contributed by atoms with Crippen LogP contribution in [0, 0.1) is 5.92 Å². The van der Waals surface area contributed by atoms with E-state index >= 15 is 0 Å². The van der Waals surface area contributed by atoms with Gasteiger partial charge < -0.3 is 9.64 Å². The first kappa shape index (κ1) is 16.3. The molecule has 0 aromatic heterocycles. The molecule has 2 aromatic carbocycles. The Morgan fingerprint density at radius 1 is 1.05 bits per heavy atom. The monoisotopic (exact) mass is 299 g/mol. The summed E-state index contributed by atoms with van der Waals surface area (Å²) in [4.78, 5) is 14.3. The van der Waals surface area contributed by atoms with E-state index in [4.69, 9.17) is 4.74 Å². The van der Waals surface area contributed by atoms with Gasteiger partial charge in [-0.3, -0.25) is 4.79 Å². The highest BCUT2D eigenvalue weighted by Crippen LogP contribution is 2.25. The minimum Gasteiger partial charge on any atom is -0.483 e. The Morgan fingerprint density at radius 3 is 2.41 bits per heavy atom. The molecular formula is C19H25NO2. The first-order chi connectivity index (χ1) is 10.5. The van der Waals surface area contributed by atoms with Gasteiger partial charge in [0, 0.05) is 18.0 Å². The van der Waals surface area contributed by atoms with Crippen LogP contribution in [0.4, 0.5) is 0 Å². The summed E-state index contributed by atoms with van der Waals surface area (Å²) in [6, 6.07) is 14.1. The predicted octanol–water partition coefficient (Wildman–Crippen LogP) is 4.11. The average molecular weight is 299 g/mol. The van der Waals surface area contributed by atoms with E-state index in [-0.39, 0.29) is 18.6 Å². The molecule has 0 heterocycles. The molecule has 0 atom stereocenters. The van der Waals surface area contributed by atoms with Crippen molar-refractivity contribution in [3.05, 3.63) is 42.5 Å². The smallest absolute Gasteiger partial charge is 0.260 e. The standard InChI is InChI=1S/C19H25NO2/c1-14(2)12-20(15(3)4)19(21)13-22-18-11-7-9-16-8-5-6-10-17(16)18/h5-11,14-15H,12-13H2,1-4H3. The van der Waals surface area contributed by atoms with E-state index in [1.807, 2.05) is 61.2 Å². The van der Waals surface area contributed by atoms with Crippen LogP contribution in [-0.4, -0.2) is 30.0 Å². The minimum atomic E-state index is 0.0386. The molecule has 0 saturated carbocycles. The van der Waals surface area contributed by atoms with Crippen LogP contribution >= 0.6 is 0 Å². The molecule has 0 aliphatic rings. The zero-order valence-corrected chi connectivity index (χ0v) is 13.9. The molecule has 0 spiro atoms. The molecule has 3 nitrogen and oxygen atoms in total. The molecule has 1 amide bonds. The van der Waals surface area contributed by atoms with Crippen LogP contribution in [0.15, 0.2) is 42.5 Å². The number of benzene rings is 2. The third-order valence-electron chi connectivity index (χ3n) is 3.61. The molecule has 0 aliphatic carbocycles. The van der Waals surface area contributed by atoms with Crippen LogP contribution in [0.3, 0.4) is 0 Å². The van der Waals surface area contributed by atoms with Crippen molar-refractivity contribution < 1.29 is 9.53 Å². The van der Waals surface area contributed by atoms with E-state index in [1.54, 1.807) is 0 Å². The second kappa shape index (κ2) is 7.30. The number of fused-ring (bicyclic) bond motifs is 1. The Labute approximate surface area is 132 Å². The fourth-order valence-corrected chi connectivity index (χ4v) is 2.54. The highest BCUT2D eigenvalue weighted by molar-refractivity contribution is 5.88. The van der Waals surface area contributed by atoms with Gasteiger partial charge in [-0.05, 0) is 31.2 Å². The van der Waals surface area contributed by atoms with Gasteiger partial charge >= 0.3 is 0 Å². The van der Waals surface area contributed by atoms with Crippen molar-refractivity contribution in [1.29, 1.82) is 0 Å². The first-order valence-electron chi connectivity index (χ1n) is 7.89. The van der Waals surface area contributed by atoms with Gasteiger partial charge in [-0.2, -0.15) is 0 Å². The quantitative estimate of drug-likeness (QED) is 0.803. The largest absolute Gasteiger partial charge is 0.483 e. The van der Waals surface area contributed by atoms with Crippen molar-refractivity contribution >= 4 is 16.7 Å².